The summed E-state index contributed by atoms with van der Waals surface area (Å²) in [4.78, 5) is -0.178. The molecule has 2 rings (SSSR count). The third-order valence-electron chi connectivity index (χ3n) is 7.37. The zero-order valence-electron chi connectivity index (χ0n) is 25.2. The van der Waals surface area contributed by atoms with Gasteiger partial charge < -0.3 is 9.29 Å². The molecule has 0 saturated heterocycles. The number of aryl methyl sites for hydroxylation is 2. The van der Waals surface area contributed by atoms with E-state index in [2.05, 4.69) is 42.9 Å². The Balaban J connectivity index is 0.000000573. The molecule has 1 heterocycles. The van der Waals surface area contributed by atoms with Gasteiger partial charge in [-0.15, -0.1) is 0 Å². The molecule has 0 N–H and O–H groups in total. The Kier molecular flexibility index (Phi) is 19.9. The molecule has 0 aliphatic carbocycles. The summed E-state index contributed by atoms with van der Waals surface area (Å²) in [5.41, 5.74) is 2.28. The Labute approximate surface area is 240 Å². The lowest BCUT2D eigenvalue weighted by Crippen LogP contribution is -2.35. The minimum Gasteiger partial charge on any atom is -0.744 e. The topological polar surface area (TPSA) is 70.3 Å². The van der Waals surface area contributed by atoms with Gasteiger partial charge in [-0.25, -0.2) is 13.0 Å². The number of hydrogen-bond donors (Lipinski definition) is 0. The molecule has 39 heavy (non-hydrogen) atoms. The van der Waals surface area contributed by atoms with E-state index in [0.717, 1.165) is 12.0 Å². The average Bonchev–Trinajstić information content (AvgIpc) is 2.91. The molecule has 0 spiro atoms. The summed E-state index contributed by atoms with van der Waals surface area (Å²) in [6, 6.07) is 12.2. The second kappa shape index (κ2) is 22.0. The maximum Gasteiger partial charge on any atom is 0.183 e. The van der Waals surface area contributed by atoms with Crippen molar-refractivity contribution in [2.24, 2.45) is 7.05 Å². The van der Waals surface area contributed by atoms with Crippen molar-refractivity contribution >= 4 is 10.1 Å². The van der Waals surface area contributed by atoms with Gasteiger partial charge in [0.15, 0.2) is 11.9 Å². The molecule has 222 valence electrons. The van der Waals surface area contributed by atoms with Crippen molar-refractivity contribution in [2.75, 3.05) is 7.11 Å². The smallest absolute Gasteiger partial charge is 0.183 e. The van der Waals surface area contributed by atoms with Crippen LogP contribution in [0.1, 0.15) is 121 Å². The van der Waals surface area contributed by atoms with Gasteiger partial charge in [0.25, 0.3) is 0 Å². The van der Waals surface area contributed by atoms with E-state index in [9.17, 15) is 13.0 Å². The molecule has 0 saturated carbocycles. The maximum atomic E-state index is 10.4. The number of rotatable bonds is 20. The minimum atomic E-state index is -4.27. The summed E-state index contributed by atoms with van der Waals surface area (Å²) >= 11 is 0. The van der Waals surface area contributed by atoms with E-state index in [0.29, 0.717) is 6.10 Å². The Morgan fingerprint density at radius 3 is 1.69 bits per heavy atom. The van der Waals surface area contributed by atoms with Gasteiger partial charge in [0.1, 0.15) is 17.2 Å². The minimum absolute atomic E-state index is 0.178. The molecular formula is C33H55NO4S. The van der Waals surface area contributed by atoms with E-state index in [1.807, 2.05) is 14.0 Å². The monoisotopic (exact) mass is 561 g/mol. The fraction of sp³-hybridized carbons (Fsp3) is 0.667. The molecule has 1 atom stereocenters. The van der Waals surface area contributed by atoms with Gasteiger partial charge in [0.05, 0.1) is 17.4 Å². The number of benzene rings is 1. The first-order valence-corrected chi connectivity index (χ1v) is 16.7. The molecule has 5 nitrogen and oxygen atoms in total. The molecular weight excluding hydrogens is 506 g/mol. The summed E-state index contributed by atoms with van der Waals surface area (Å²) in [6.07, 6.45) is 26.0. The fourth-order valence-corrected chi connectivity index (χ4v) is 5.22. The number of hydrogen-bond acceptors (Lipinski definition) is 4. The van der Waals surface area contributed by atoms with Crippen molar-refractivity contribution in [1.82, 2.24) is 0 Å². The van der Waals surface area contributed by atoms with E-state index >= 15 is 0 Å². The first kappa shape index (κ1) is 35.3. The molecule has 0 amide bonds. The SMILES string of the molecule is CCCCCCCCCCCCCCCCCC(Cc1cccc[n+]1C)OC.Cc1ccc(S(=O)(=O)[O-])cc1. The molecule has 1 aromatic carbocycles. The Bertz CT molecular complexity index is 960. The van der Waals surface area contributed by atoms with E-state index < -0.39 is 10.1 Å². The molecule has 0 aliphatic heterocycles. The van der Waals surface area contributed by atoms with Crippen molar-refractivity contribution in [3.63, 3.8) is 0 Å². The van der Waals surface area contributed by atoms with Crippen LogP contribution in [0.4, 0.5) is 0 Å². The first-order chi connectivity index (χ1) is 18.8. The molecule has 2 aromatic rings. The van der Waals surface area contributed by atoms with Crippen molar-refractivity contribution in [3.05, 3.63) is 59.9 Å². The zero-order valence-corrected chi connectivity index (χ0v) is 26.0. The van der Waals surface area contributed by atoms with E-state index in [4.69, 9.17) is 4.74 Å². The van der Waals surface area contributed by atoms with E-state index in [-0.39, 0.29) is 4.90 Å². The Morgan fingerprint density at radius 2 is 1.26 bits per heavy atom. The lowest BCUT2D eigenvalue weighted by atomic mass is 10.0. The number of aromatic nitrogens is 1. The van der Waals surface area contributed by atoms with Crippen molar-refractivity contribution in [2.45, 2.75) is 134 Å². The highest BCUT2D eigenvalue weighted by atomic mass is 32.2. The number of ether oxygens (including phenoxy) is 1. The second-order valence-electron chi connectivity index (χ2n) is 10.9. The van der Waals surface area contributed by atoms with Gasteiger partial charge in [-0.1, -0.05) is 127 Å². The van der Waals surface area contributed by atoms with Crippen LogP contribution in [0.2, 0.25) is 0 Å². The van der Waals surface area contributed by atoms with Crippen LogP contribution in [-0.4, -0.2) is 26.2 Å². The standard InChI is InChI=1S/C26H48NO.C7H8O3S/c1-4-5-6-7-8-9-10-11-12-13-14-15-16-17-18-22-26(28-3)24-25-21-19-20-23-27(25)2;1-6-2-4-7(5-3-6)11(8,9)10/h19-21,23,26H,4-18,22,24H2,1-3H3;2-5H,1H3,(H,8,9,10)/q+1;/p-1. The predicted octanol–water partition coefficient (Wildman–Crippen LogP) is 8.23. The van der Waals surface area contributed by atoms with Crippen molar-refractivity contribution < 1.29 is 22.3 Å². The quantitative estimate of drug-likeness (QED) is 0.0927. The maximum absolute atomic E-state index is 10.4. The van der Waals surface area contributed by atoms with Crippen LogP contribution >= 0.6 is 0 Å². The highest BCUT2D eigenvalue weighted by Crippen LogP contribution is 2.15. The first-order valence-electron chi connectivity index (χ1n) is 15.3. The van der Waals surface area contributed by atoms with Gasteiger partial charge in [-0.05, 0) is 25.5 Å². The van der Waals surface area contributed by atoms with Crippen LogP contribution in [0.15, 0.2) is 53.6 Å². The van der Waals surface area contributed by atoms with Gasteiger partial charge in [0, 0.05) is 19.2 Å². The highest BCUT2D eigenvalue weighted by molar-refractivity contribution is 7.85. The van der Waals surface area contributed by atoms with Crippen LogP contribution < -0.4 is 4.57 Å². The van der Waals surface area contributed by atoms with Crippen molar-refractivity contribution in [1.29, 1.82) is 0 Å². The fourth-order valence-electron chi connectivity index (χ4n) is 4.76. The lowest BCUT2D eigenvalue weighted by molar-refractivity contribution is -0.679. The summed E-state index contributed by atoms with van der Waals surface area (Å²) in [5, 5.41) is 0. The van der Waals surface area contributed by atoms with E-state index in [1.165, 1.54) is 121 Å². The average molecular weight is 562 g/mol. The van der Waals surface area contributed by atoms with Gasteiger partial charge >= 0.3 is 0 Å². The van der Waals surface area contributed by atoms with Crippen LogP contribution in [0.5, 0.6) is 0 Å². The molecule has 1 unspecified atom stereocenters. The summed E-state index contributed by atoms with van der Waals surface area (Å²) in [7, 11) is -0.289. The number of nitrogens with zero attached hydrogens (tertiary/aromatic N) is 1. The molecule has 0 fully saturated rings. The molecule has 0 radical (unpaired) electrons. The van der Waals surface area contributed by atoms with Gasteiger partial charge in [-0.3, -0.25) is 0 Å². The number of methoxy groups -OCH3 is 1. The van der Waals surface area contributed by atoms with Crippen LogP contribution in [0, 0.1) is 6.92 Å². The summed E-state index contributed by atoms with van der Waals surface area (Å²) in [5.74, 6) is 0. The lowest BCUT2D eigenvalue weighted by Gasteiger charge is -2.14. The predicted molar refractivity (Wildman–Crippen MR) is 161 cm³/mol. The molecule has 0 bridgehead atoms. The second-order valence-corrected chi connectivity index (χ2v) is 12.2. The third kappa shape index (κ3) is 18.3. The van der Waals surface area contributed by atoms with E-state index in [1.54, 1.807) is 12.1 Å². The van der Waals surface area contributed by atoms with Crippen LogP contribution in [-0.2, 0) is 28.3 Å². The van der Waals surface area contributed by atoms with Gasteiger partial charge in [0.2, 0.25) is 0 Å². The highest BCUT2D eigenvalue weighted by Gasteiger charge is 2.14. The molecule has 1 aromatic heterocycles. The van der Waals surface area contributed by atoms with Crippen LogP contribution in [0.25, 0.3) is 0 Å². The molecule has 0 aliphatic rings. The summed E-state index contributed by atoms with van der Waals surface area (Å²) < 4.78 is 39.1. The molecule has 6 heteroatoms. The van der Waals surface area contributed by atoms with Crippen LogP contribution in [0.3, 0.4) is 0 Å². The number of unbranched alkanes of at least 4 members (excludes halogenated alkanes) is 14. The Morgan fingerprint density at radius 1 is 0.769 bits per heavy atom. The van der Waals surface area contributed by atoms with Crippen molar-refractivity contribution in [3.8, 4) is 0 Å². The normalized spacial score (nSPS) is 12.1. The van der Waals surface area contributed by atoms with Gasteiger partial charge in [-0.2, -0.15) is 0 Å². The third-order valence-corrected chi connectivity index (χ3v) is 8.22. The summed E-state index contributed by atoms with van der Waals surface area (Å²) in [6.45, 7) is 4.11. The number of pyridine rings is 1. The largest absolute Gasteiger partial charge is 0.744 e. The zero-order chi connectivity index (χ0) is 28.8. The Hall–Kier alpha value is -1.76.